The Morgan fingerprint density at radius 3 is 3.13 bits per heavy atom. The number of allylic oxidation sites excluding steroid dienone is 2. The summed E-state index contributed by atoms with van der Waals surface area (Å²) in [7, 11) is 0. The Labute approximate surface area is 186 Å². The minimum atomic E-state index is -0.295. The van der Waals surface area contributed by atoms with Crippen LogP contribution in [0.2, 0.25) is 0 Å². The van der Waals surface area contributed by atoms with Gasteiger partial charge in [0.15, 0.2) is 5.83 Å². The summed E-state index contributed by atoms with van der Waals surface area (Å²) in [6.07, 6.45) is 6.58. The van der Waals surface area contributed by atoms with Crippen LogP contribution >= 0.6 is 11.6 Å². The van der Waals surface area contributed by atoms with Crippen molar-refractivity contribution in [2.24, 2.45) is 10.9 Å². The number of likely N-dealkylation sites (tertiary alicyclic amines) is 1. The first-order chi connectivity index (χ1) is 14.9. The standard InChI is InChI=1S/C21H28ClFN6O2/c1-12(2)31-21(30)29-5-3-4-13(11-29)7-24-20-17(23)10-27-19(28-20)16-9-26-18-15(16)6-14(22)8-25-18/h6,8-9,12-13,18,24-25,27-28H,3-5,7,10-11H2,1-2H3/t13-,18?/m0/s1. The molecule has 4 rings (SSSR count). The Morgan fingerprint density at radius 1 is 1.48 bits per heavy atom. The van der Waals surface area contributed by atoms with Crippen molar-refractivity contribution in [1.29, 1.82) is 0 Å². The minimum absolute atomic E-state index is 0.0778. The summed E-state index contributed by atoms with van der Waals surface area (Å²) < 4.78 is 19.8. The molecular weight excluding hydrogens is 423 g/mol. The van der Waals surface area contributed by atoms with E-state index in [2.05, 4.69) is 26.3 Å². The number of dihydropyridines is 1. The van der Waals surface area contributed by atoms with E-state index in [0.29, 0.717) is 36.3 Å². The molecule has 4 aliphatic heterocycles. The predicted octanol–water partition coefficient (Wildman–Crippen LogP) is 2.40. The van der Waals surface area contributed by atoms with Gasteiger partial charge in [-0.05, 0) is 38.7 Å². The number of ether oxygens (including phenoxy) is 1. The van der Waals surface area contributed by atoms with Crippen molar-refractivity contribution >= 4 is 23.9 Å². The highest BCUT2D eigenvalue weighted by molar-refractivity contribution is 6.31. The monoisotopic (exact) mass is 450 g/mol. The second kappa shape index (κ2) is 9.21. The molecule has 0 aromatic carbocycles. The molecule has 0 aliphatic carbocycles. The summed E-state index contributed by atoms with van der Waals surface area (Å²) in [6.45, 7) is 5.60. The van der Waals surface area contributed by atoms with Gasteiger partial charge in [-0.3, -0.25) is 4.99 Å². The number of nitrogens with one attached hydrogen (secondary N) is 4. The second-order valence-corrected chi connectivity index (χ2v) is 8.73. The molecule has 4 N–H and O–H groups in total. The van der Waals surface area contributed by atoms with Crippen molar-refractivity contribution < 1.29 is 13.9 Å². The number of hydrogen-bond donors (Lipinski definition) is 4. The number of hydrogen-bond acceptors (Lipinski definition) is 7. The fraction of sp³-hybridized carbons (Fsp3) is 0.524. The highest BCUT2D eigenvalue weighted by Gasteiger charge is 2.29. The molecule has 0 radical (unpaired) electrons. The predicted molar refractivity (Wildman–Crippen MR) is 118 cm³/mol. The molecule has 0 bridgehead atoms. The number of carbonyl (C=O) groups excluding carboxylic acids is 1. The Kier molecular flexibility index (Phi) is 6.41. The maximum atomic E-state index is 14.5. The zero-order valence-electron chi connectivity index (χ0n) is 17.7. The summed E-state index contributed by atoms with van der Waals surface area (Å²) in [5, 5.41) is 13.1. The van der Waals surface area contributed by atoms with Crippen LogP contribution in [0.3, 0.4) is 0 Å². The third-order valence-electron chi connectivity index (χ3n) is 5.52. The molecule has 2 atom stereocenters. The van der Waals surface area contributed by atoms with Crippen LogP contribution in [0.4, 0.5) is 9.18 Å². The lowest BCUT2D eigenvalue weighted by Gasteiger charge is -2.33. The van der Waals surface area contributed by atoms with Gasteiger partial charge in [0, 0.05) is 43.2 Å². The van der Waals surface area contributed by atoms with Crippen molar-refractivity contribution in [3.8, 4) is 0 Å². The molecule has 4 aliphatic rings. The molecule has 1 amide bonds. The quantitative estimate of drug-likeness (QED) is 0.526. The minimum Gasteiger partial charge on any atom is -0.447 e. The van der Waals surface area contributed by atoms with Gasteiger partial charge in [-0.25, -0.2) is 9.18 Å². The Bertz CT molecular complexity index is 894. The average Bonchev–Trinajstić information content (AvgIpc) is 3.16. The molecule has 8 nitrogen and oxygen atoms in total. The van der Waals surface area contributed by atoms with E-state index in [1.807, 2.05) is 19.9 Å². The van der Waals surface area contributed by atoms with Crippen molar-refractivity contribution in [3.05, 3.63) is 45.9 Å². The maximum Gasteiger partial charge on any atom is 0.410 e. The Morgan fingerprint density at radius 2 is 2.32 bits per heavy atom. The fourth-order valence-corrected chi connectivity index (χ4v) is 4.19. The lowest BCUT2D eigenvalue weighted by molar-refractivity contribution is 0.0627. The Balaban J connectivity index is 1.38. The van der Waals surface area contributed by atoms with E-state index >= 15 is 0 Å². The molecule has 0 aromatic rings. The number of amides is 1. The van der Waals surface area contributed by atoms with Gasteiger partial charge in [0.1, 0.15) is 17.8 Å². The van der Waals surface area contributed by atoms with E-state index in [4.69, 9.17) is 16.3 Å². The van der Waals surface area contributed by atoms with E-state index in [9.17, 15) is 9.18 Å². The summed E-state index contributed by atoms with van der Waals surface area (Å²) >= 11 is 6.12. The highest BCUT2D eigenvalue weighted by atomic mass is 35.5. The number of aliphatic imine (C=N–C) groups is 1. The number of halogens is 2. The number of rotatable bonds is 4. The normalized spacial score (nSPS) is 27.7. The van der Waals surface area contributed by atoms with Gasteiger partial charge in [0.25, 0.3) is 0 Å². The van der Waals surface area contributed by atoms with Crippen LogP contribution < -0.4 is 21.3 Å². The van der Waals surface area contributed by atoms with Crippen molar-refractivity contribution in [1.82, 2.24) is 26.2 Å². The van der Waals surface area contributed by atoms with Gasteiger partial charge in [-0.2, -0.15) is 0 Å². The van der Waals surface area contributed by atoms with Gasteiger partial charge >= 0.3 is 6.09 Å². The summed E-state index contributed by atoms with van der Waals surface area (Å²) in [5.74, 6) is 0.941. The first-order valence-corrected chi connectivity index (χ1v) is 11.0. The molecule has 10 heteroatoms. The van der Waals surface area contributed by atoms with Crippen LogP contribution in [0.15, 0.2) is 50.9 Å². The van der Waals surface area contributed by atoms with Crippen LogP contribution in [0.25, 0.3) is 0 Å². The number of nitrogens with zero attached hydrogens (tertiary/aromatic N) is 2. The van der Waals surface area contributed by atoms with Gasteiger partial charge < -0.3 is 30.9 Å². The van der Waals surface area contributed by atoms with Gasteiger partial charge in [0.2, 0.25) is 0 Å². The molecular formula is C21H28ClFN6O2. The van der Waals surface area contributed by atoms with Crippen LogP contribution in [-0.2, 0) is 4.74 Å². The zero-order chi connectivity index (χ0) is 22.0. The van der Waals surface area contributed by atoms with Crippen LogP contribution in [0, 0.1) is 5.92 Å². The molecule has 1 fully saturated rings. The van der Waals surface area contributed by atoms with E-state index in [1.165, 1.54) is 0 Å². The van der Waals surface area contributed by atoms with Crippen molar-refractivity contribution in [2.75, 3.05) is 26.2 Å². The molecule has 1 saturated heterocycles. The van der Waals surface area contributed by atoms with Crippen LogP contribution in [0.1, 0.15) is 26.7 Å². The first-order valence-electron chi connectivity index (χ1n) is 10.6. The van der Waals surface area contributed by atoms with Crippen molar-refractivity contribution in [2.45, 2.75) is 39.0 Å². The first kappa shape index (κ1) is 21.5. The third-order valence-corrected chi connectivity index (χ3v) is 5.74. The van der Waals surface area contributed by atoms with Crippen molar-refractivity contribution in [3.63, 3.8) is 0 Å². The number of carbonyl (C=O) groups is 1. The Hall–Kier alpha value is -2.68. The molecule has 0 aromatic heterocycles. The summed E-state index contributed by atoms with van der Waals surface area (Å²) in [6, 6.07) is 0. The second-order valence-electron chi connectivity index (χ2n) is 8.29. The number of piperidine rings is 1. The van der Waals surface area contributed by atoms with E-state index in [-0.39, 0.29) is 36.7 Å². The fourth-order valence-electron chi connectivity index (χ4n) is 4.01. The summed E-state index contributed by atoms with van der Waals surface area (Å²) in [5.41, 5.74) is 1.77. The molecule has 1 unspecified atom stereocenters. The molecule has 0 saturated carbocycles. The highest BCUT2D eigenvalue weighted by Crippen LogP contribution is 2.28. The van der Waals surface area contributed by atoms with E-state index in [0.717, 1.165) is 24.0 Å². The van der Waals surface area contributed by atoms with Crippen LogP contribution in [0.5, 0.6) is 0 Å². The smallest absolute Gasteiger partial charge is 0.410 e. The summed E-state index contributed by atoms with van der Waals surface area (Å²) in [4.78, 5) is 18.4. The van der Waals surface area contributed by atoms with Crippen LogP contribution in [-0.4, -0.2) is 55.7 Å². The van der Waals surface area contributed by atoms with Gasteiger partial charge in [-0.15, -0.1) is 0 Å². The third kappa shape index (κ3) is 4.98. The SMILES string of the molecule is CC(C)OC(=O)N1CCC[C@@H](CNC2=C(F)CNC(=C3C=NC4NC=C(Cl)C=C34)N2)C1. The molecule has 0 spiro atoms. The molecule has 31 heavy (non-hydrogen) atoms. The zero-order valence-corrected chi connectivity index (χ0v) is 18.4. The number of fused-ring (bicyclic) bond motifs is 1. The largest absolute Gasteiger partial charge is 0.447 e. The van der Waals surface area contributed by atoms with E-state index in [1.54, 1.807) is 17.3 Å². The lowest BCUT2D eigenvalue weighted by Crippen LogP contribution is -2.46. The van der Waals surface area contributed by atoms with Gasteiger partial charge in [0.05, 0.1) is 17.7 Å². The maximum absolute atomic E-state index is 14.5. The lowest BCUT2D eigenvalue weighted by atomic mass is 9.98. The van der Waals surface area contributed by atoms with Gasteiger partial charge in [-0.1, -0.05) is 11.6 Å². The van der Waals surface area contributed by atoms with E-state index < -0.39 is 0 Å². The topological polar surface area (TPSA) is 90.0 Å². The molecule has 4 heterocycles. The molecule has 168 valence electrons. The average molecular weight is 451 g/mol.